The van der Waals surface area contributed by atoms with E-state index in [1.807, 2.05) is 48.5 Å². The second-order valence-corrected chi connectivity index (χ2v) is 10.5. The Balaban J connectivity index is 1.19. The van der Waals surface area contributed by atoms with E-state index in [1.54, 1.807) is 6.20 Å². The third-order valence-electron chi connectivity index (χ3n) is 8.11. The molecule has 0 saturated carbocycles. The number of benzene rings is 7. The van der Waals surface area contributed by atoms with Gasteiger partial charge < -0.3 is 8.83 Å². The summed E-state index contributed by atoms with van der Waals surface area (Å²) in [5, 5.41) is 18.0. The van der Waals surface area contributed by atoms with Gasteiger partial charge in [-0.1, -0.05) is 97.1 Å². The van der Waals surface area contributed by atoms with Crippen molar-refractivity contribution in [1.82, 2.24) is 15.2 Å². The first-order valence-corrected chi connectivity index (χ1v) is 13.9. The molecular weight excluding hydrogens is 518 g/mol. The van der Waals surface area contributed by atoms with E-state index in [2.05, 4.69) is 88.0 Å². The fourth-order valence-electron chi connectivity index (χ4n) is 6.08. The quantitative estimate of drug-likeness (QED) is 0.208. The summed E-state index contributed by atoms with van der Waals surface area (Å²) in [4.78, 5) is 4.66. The summed E-state index contributed by atoms with van der Waals surface area (Å²) in [6.07, 6.45) is 1.80. The van der Waals surface area contributed by atoms with Gasteiger partial charge in [-0.15, -0.1) is 10.2 Å². The van der Waals surface area contributed by atoms with Crippen LogP contribution in [0.1, 0.15) is 0 Å². The van der Waals surface area contributed by atoms with Crippen molar-refractivity contribution < 1.29 is 8.83 Å². The standard InChI is InChI=1S/C37H21N3O2/c1-2-7-23(8-3-1)32-21-38-36(41-32)30-18-14-24-13-17-29-31(19-15-25-12-16-28(30)33(24)34(25)29)37-40-39-35(42-37)27-11-10-22-6-4-5-9-26(22)20-27/h1-21H. The zero-order valence-electron chi connectivity index (χ0n) is 22.3. The summed E-state index contributed by atoms with van der Waals surface area (Å²) < 4.78 is 12.6. The average Bonchev–Trinajstić information content (AvgIpc) is 3.75. The number of nitrogens with zero attached hydrogens (tertiary/aromatic N) is 3. The van der Waals surface area contributed by atoms with Crippen LogP contribution in [0.3, 0.4) is 0 Å². The van der Waals surface area contributed by atoms with Crippen LogP contribution in [-0.4, -0.2) is 15.2 Å². The molecule has 0 N–H and O–H groups in total. The highest BCUT2D eigenvalue weighted by molar-refractivity contribution is 6.27. The minimum Gasteiger partial charge on any atom is -0.436 e. The molecule has 196 valence electrons. The van der Waals surface area contributed by atoms with Crippen LogP contribution in [0.25, 0.3) is 88.8 Å². The predicted molar refractivity (Wildman–Crippen MR) is 167 cm³/mol. The Hall–Kier alpha value is -5.81. The van der Waals surface area contributed by atoms with Gasteiger partial charge in [0.2, 0.25) is 17.7 Å². The molecule has 0 amide bonds. The highest BCUT2D eigenvalue weighted by atomic mass is 16.4. The molecule has 0 fully saturated rings. The van der Waals surface area contributed by atoms with Crippen LogP contribution in [-0.2, 0) is 0 Å². The zero-order chi connectivity index (χ0) is 27.6. The number of hydrogen-bond donors (Lipinski definition) is 0. The Kier molecular flexibility index (Phi) is 4.83. The molecular formula is C37H21N3O2. The molecule has 7 aromatic carbocycles. The van der Waals surface area contributed by atoms with Crippen molar-refractivity contribution in [2.45, 2.75) is 0 Å². The monoisotopic (exact) mass is 539 g/mol. The Bertz CT molecular complexity index is 2420. The first kappa shape index (κ1) is 22.9. The summed E-state index contributed by atoms with van der Waals surface area (Å²) in [7, 11) is 0. The van der Waals surface area contributed by atoms with Crippen LogP contribution >= 0.6 is 0 Å². The molecule has 9 rings (SSSR count). The molecule has 5 nitrogen and oxygen atoms in total. The van der Waals surface area contributed by atoms with Crippen molar-refractivity contribution in [3.63, 3.8) is 0 Å². The fourth-order valence-corrected chi connectivity index (χ4v) is 6.08. The molecule has 2 heterocycles. The minimum absolute atomic E-state index is 0.497. The van der Waals surface area contributed by atoms with E-state index in [9.17, 15) is 0 Å². The molecule has 9 aromatic rings. The summed E-state index contributed by atoms with van der Waals surface area (Å²) in [6.45, 7) is 0. The zero-order valence-corrected chi connectivity index (χ0v) is 22.3. The first-order chi connectivity index (χ1) is 20.8. The van der Waals surface area contributed by atoms with Gasteiger partial charge in [0.05, 0.1) is 6.20 Å². The summed E-state index contributed by atoms with van der Waals surface area (Å²) in [5.74, 6) is 2.35. The fraction of sp³-hybridized carbons (Fsp3) is 0. The number of oxazole rings is 1. The molecule has 0 aliphatic heterocycles. The molecule has 0 saturated heterocycles. The molecule has 0 aliphatic rings. The molecule has 0 spiro atoms. The molecule has 0 atom stereocenters. The van der Waals surface area contributed by atoms with Gasteiger partial charge in [-0.25, -0.2) is 4.98 Å². The summed E-state index contributed by atoms with van der Waals surface area (Å²) >= 11 is 0. The van der Waals surface area contributed by atoms with E-state index >= 15 is 0 Å². The highest BCUT2D eigenvalue weighted by Crippen LogP contribution is 2.42. The van der Waals surface area contributed by atoms with Crippen molar-refractivity contribution in [3.05, 3.63) is 128 Å². The van der Waals surface area contributed by atoms with Crippen LogP contribution in [0, 0.1) is 0 Å². The minimum atomic E-state index is 0.497. The van der Waals surface area contributed by atoms with Gasteiger partial charge in [-0.2, -0.15) is 0 Å². The van der Waals surface area contributed by atoms with E-state index in [-0.39, 0.29) is 0 Å². The number of fused-ring (bicyclic) bond motifs is 1. The van der Waals surface area contributed by atoms with Crippen molar-refractivity contribution in [2.75, 3.05) is 0 Å². The molecule has 42 heavy (non-hydrogen) atoms. The second-order valence-electron chi connectivity index (χ2n) is 10.5. The highest BCUT2D eigenvalue weighted by Gasteiger charge is 2.19. The average molecular weight is 540 g/mol. The van der Waals surface area contributed by atoms with E-state index < -0.39 is 0 Å². The van der Waals surface area contributed by atoms with Gasteiger partial charge in [-0.05, 0) is 67.4 Å². The maximum absolute atomic E-state index is 6.29. The second kappa shape index (κ2) is 8.85. The van der Waals surface area contributed by atoms with Crippen molar-refractivity contribution in [3.8, 4) is 45.7 Å². The number of aromatic nitrogens is 3. The lowest BCUT2D eigenvalue weighted by atomic mass is 9.90. The van der Waals surface area contributed by atoms with Crippen LogP contribution in [0.4, 0.5) is 0 Å². The van der Waals surface area contributed by atoms with Gasteiger partial charge >= 0.3 is 0 Å². The van der Waals surface area contributed by atoms with E-state index in [0.717, 1.165) is 65.7 Å². The molecule has 0 unspecified atom stereocenters. The maximum Gasteiger partial charge on any atom is 0.248 e. The van der Waals surface area contributed by atoms with E-state index in [4.69, 9.17) is 8.83 Å². The lowest BCUT2D eigenvalue weighted by Gasteiger charge is -2.14. The Labute approximate surface area is 240 Å². The van der Waals surface area contributed by atoms with Gasteiger partial charge in [0.15, 0.2) is 5.76 Å². The van der Waals surface area contributed by atoms with Crippen molar-refractivity contribution in [1.29, 1.82) is 0 Å². The van der Waals surface area contributed by atoms with Gasteiger partial charge in [0, 0.05) is 22.3 Å². The first-order valence-electron chi connectivity index (χ1n) is 13.9. The maximum atomic E-state index is 6.29. The number of rotatable bonds is 4. The molecule has 2 aromatic heterocycles. The SMILES string of the molecule is c1ccc(-c2cnc(-c3ccc4ccc5c(-c6nnc(-c7ccc8ccccc8c7)o6)ccc6ccc3c4c65)o2)cc1. The van der Waals surface area contributed by atoms with Crippen LogP contribution < -0.4 is 0 Å². The third-order valence-corrected chi connectivity index (χ3v) is 8.11. The predicted octanol–water partition coefficient (Wildman–Crippen LogP) is 9.78. The molecule has 0 bridgehead atoms. The normalized spacial score (nSPS) is 11.8. The smallest absolute Gasteiger partial charge is 0.248 e. The molecule has 0 radical (unpaired) electrons. The van der Waals surface area contributed by atoms with Crippen LogP contribution in [0.2, 0.25) is 0 Å². The lowest BCUT2D eigenvalue weighted by molar-refractivity contribution is 0.585. The molecule has 0 aliphatic carbocycles. The van der Waals surface area contributed by atoms with Crippen LogP contribution in [0.5, 0.6) is 0 Å². The largest absolute Gasteiger partial charge is 0.436 e. The Morgan fingerprint density at radius 1 is 0.429 bits per heavy atom. The Morgan fingerprint density at radius 2 is 1.05 bits per heavy atom. The topological polar surface area (TPSA) is 65.0 Å². The lowest BCUT2D eigenvalue weighted by Crippen LogP contribution is -1.89. The van der Waals surface area contributed by atoms with E-state index in [1.165, 1.54) is 5.39 Å². The van der Waals surface area contributed by atoms with E-state index in [0.29, 0.717) is 17.7 Å². The Morgan fingerprint density at radius 3 is 1.81 bits per heavy atom. The van der Waals surface area contributed by atoms with Gasteiger partial charge in [-0.3, -0.25) is 0 Å². The van der Waals surface area contributed by atoms with Crippen molar-refractivity contribution >= 4 is 43.1 Å². The van der Waals surface area contributed by atoms with Gasteiger partial charge in [0.1, 0.15) is 0 Å². The van der Waals surface area contributed by atoms with Gasteiger partial charge in [0.25, 0.3) is 0 Å². The van der Waals surface area contributed by atoms with Crippen molar-refractivity contribution in [2.24, 2.45) is 0 Å². The number of hydrogen-bond acceptors (Lipinski definition) is 5. The van der Waals surface area contributed by atoms with Crippen LogP contribution in [0.15, 0.2) is 136 Å². The summed E-state index contributed by atoms with van der Waals surface area (Å²) in [5.41, 5.74) is 3.77. The summed E-state index contributed by atoms with van der Waals surface area (Å²) in [6, 6.07) is 41.6. The molecule has 5 heteroatoms. The third kappa shape index (κ3) is 3.47.